The van der Waals surface area contributed by atoms with Crippen molar-refractivity contribution < 1.29 is 4.79 Å². The van der Waals surface area contributed by atoms with Gasteiger partial charge in [-0.3, -0.25) is 9.78 Å². The van der Waals surface area contributed by atoms with Gasteiger partial charge in [0, 0.05) is 56.2 Å². The Hall–Kier alpha value is -3.39. The number of amides is 1. The number of H-pyrrole nitrogens is 1. The number of nitrogens with zero attached hydrogens (tertiary/aromatic N) is 4. The highest BCUT2D eigenvalue weighted by Crippen LogP contribution is 2.33. The second-order valence-corrected chi connectivity index (χ2v) is 7.47. The van der Waals surface area contributed by atoms with Crippen LogP contribution < -0.4 is 15.5 Å². The molecule has 3 aromatic rings. The van der Waals surface area contributed by atoms with Gasteiger partial charge in [-0.15, -0.1) is 0 Å². The monoisotopic (exact) mass is 419 g/mol. The van der Waals surface area contributed by atoms with E-state index in [0.29, 0.717) is 23.6 Å². The summed E-state index contributed by atoms with van der Waals surface area (Å²) in [6.07, 6.45) is 7.33. The fourth-order valence-corrected chi connectivity index (χ4v) is 3.91. The van der Waals surface area contributed by atoms with Gasteiger partial charge >= 0.3 is 0 Å². The number of aromatic amines is 1. The molecule has 0 unspecified atom stereocenters. The smallest absolute Gasteiger partial charge is 0.254 e. The lowest BCUT2D eigenvalue weighted by Gasteiger charge is -2.33. The first-order valence-corrected chi connectivity index (χ1v) is 10.8. The van der Waals surface area contributed by atoms with Crippen LogP contribution in [-0.2, 0) is 6.54 Å². The van der Waals surface area contributed by atoms with Gasteiger partial charge in [0.15, 0.2) is 0 Å². The van der Waals surface area contributed by atoms with Crippen molar-refractivity contribution in [1.82, 2.24) is 25.2 Å². The molecule has 1 saturated heterocycles. The van der Waals surface area contributed by atoms with E-state index in [0.717, 1.165) is 48.7 Å². The zero-order valence-corrected chi connectivity index (χ0v) is 18.3. The summed E-state index contributed by atoms with van der Waals surface area (Å²) >= 11 is 0. The molecule has 3 aromatic heterocycles. The zero-order chi connectivity index (χ0) is 21.8. The maximum absolute atomic E-state index is 12.5. The van der Waals surface area contributed by atoms with E-state index in [1.165, 1.54) is 0 Å². The Balaban J connectivity index is 0.00000112. The topological polar surface area (TPSA) is 89.2 Å². The number of aromatic nitrogens is 3. The zero-order valence-electron chi connectivity index (χ0n) is 18.3. The van der Waals surface area contributed by atoms with Crippen molar-refractivity contribution in [2.75, 3.05) is 43.4 Å². The molecule has 2 aliphatic heterocycles. The number of pyridine rings is 2. The molecule has 1 fully saturated rings. The van der Waals surface area contributed by atoms with Crippen molar-refractivity contribution in [3.8, 4) is 11.3 Å². The summed E-state index contributed by atoms with van der Waals surface area (Å²) in [5, 5.41) is 6.18. The highest BCUT2D eigenvalue weighted by Gasteiger charge is 2.27. The number of carbonyl (C=O) groups is 1. The van der Waals surface area contributed by atoms with Crippen LogP contribution in [-0.4, -0.2) is 59.0 Å². The van der Waals surface area contributed by atoms with Crippen molar-refractivity contribution in [1.29, 1.82) is 0 Å². The molecule has 3 N–H and O–H groups in total. The van der Waals surface area contributed by atoms with Crippen molar-refractivity contribution in [3.05, 3.63) is 54.1 Å². The van der Waals surface area contributed by atoms with Gasteiger partial charge in [0.2, 0.25) is 0 Å². The first kappa shape index (κ1) is 20.9. The summed E-state index contributed by atoms with van der Waals surface area (Å²) in [5.41, 5.74) is 5.14. The van der Waals surface area contributed by atoms with Crippen molar-refractivity contribution in [2.24, 2.45) is 0 Å². The number of rotatable bonds is 4. The van der Waals surface area contributed by atoms with Gasteiger partial charge < -0.3 is 25.4 Å². The summed E-state index contributed by atoms with van der Waals surface area (Å²) in [4.78, 5) is 29.3. The van der Waals surface area contributed by atoms with E-state index in [1.807, 2.05) is 44.6 Å². The minimum Gasteiger partial charge on any atom is -0.368 e. The average molecular weight is 420 g/mol. The number of hydrogen-bond acceptors (Lipinski definition) is 6. The fourth-order valence-electron chi connectivity index (χ4n) is 3.91. The van der Waals surface area contributed by atoms with Gasteiger partial charge in [-0.1, -0.05) is 13.8 Å². The molecule has 0 radical (unpaired) electrons. The normalized spacial score (nSPS) is 15.7. The van der Waals surface area contributed by atoms with Gasteiger partial charge in [-0.25, -0.2) is 4.98 Å². The molecule has 8 nitrogen and oxygen atoms in total. The molecule has 5 heterocycles. The Labute approximate surface area is 182 Å². The summed E-state index contributed by atoms with van der Waals surface area (Å²) < 4.78 is 0. The van der Waals surface area contributed by atoms with E-state index in [2.05, 4.69) is 48.5 Å². The number of likely N-dealkylation sites (N-methyl/N-ethyl adjacent to an activating group) is 1. The Kier molecular flexibility index (Phi) is 6.18. The van der Waals surface area contributed by atoms with E-state index >= 15 is 0 Å². The Morgan fingerprint density at radius 3 is 2.52 bits per heavy atom. The van der Waals surface area contributed by atoms with Crippen LogP contribution >= 0.6 is 0 Å². The van der Waals surface area contributed by atoms with Gasteiger partial charge in [0.1, 0.15) is 5.82 Å². The van der Waals surface area contributed by atoms with Crippen molar-refractivity contribution in [3.63, 3.8) is 0 Å². The Bertz CT molecular complexity index is 1020. The number of nitrogens with one attached hydrogen (secondary N) is 3. The average Bonchev–Trinajstić information content (AvgIpc) is 3.47. The minimum atomic E-state index is -0.0873. The van der Waals surface area contributed by atoms with Crippen LogP contribution in [0.2, 0.25) is 0 Å². The number of carbonyl (C=O) groups excluding carboxylic acids is 1. The molecule has 2 aliphatic rings. The van der Waals surface area contributed by atoms with Gasteiger partial charge in [-0.05, 0) is 25.2 Å². The molecule has 31 heavy (non-hydrogen) atoms. The van der Waals surface area contributed by atoms with Crippen LogP contribution in [0.1, 0.15) is 29.8 Å². The number of fused-ring (bicyclic) bond motifs is 1. The van der Waals surface area contributed by atoms with Crippen molar-refractivity contribution in [2.45, 2.75) is 20.4 Å². The second kappa shape index (κ2) is 9.18. The standard InChI is InChI=1S/C21H23N7O.C2H6/c1-27-6-8-28(9-7-27)15-2-3-18(23-11-15)26-17-13-24-20(14-4-5-22-10-14)16-12-25-21(29)19(16)17;1-2/h2-5,10-11,13,22H,6-9,12H2,1H3,(H,23,26)(H,25,29);1-2H3. The van der Waals surface area contributed by atoms with Crippen LogP contribution in [0.5, 0.6) is 0 Å². The maximum atomic E-state index is 12.5. The molecular weight excluding hydrogens is 390 g/mol. The van der Waals surface area contributed by atoms with Crippen LogP contribution in [0.4, 0.5) is 17.2 Å². The van der Waals surface area contributed by atoms with Gasteiger partial charge in [-0.2, -0.15) is 0 Å². The third-order valence-electron chi connectivity index (χ3n) is 5.58. The van der Waals surface area contributed by atoms with Crippen molar-refractivity contribution >= 4 is 23.1 Å². The second-order valence-electron chi connectivity index (χ2n) is 7.47. The number of anilines is 3. The first-order valence-electron chi connectivity index (χ1n) is 10.8. The van der Waals surface area contributed by atoms with E-state index in [4.69, 9.17) is 0 Å². The van der Waals surface area contributed by atoms with E-state index in [9.17, 15) is 4.79 Å². The molecule has 0 bridgehead atoms. The molecule has 162 valence electrons. The SMILES string of the molecule is CC.CN1CCN(c2ccc(Nc3cnc(-c4cc[nH]c4)c4c3C(=O)NC4)nc2)CC1. The molecule has 0 atom stereocenters. The quantitative estimate of drug-likeness (QED) is 0.602. The van der Waals surface area contributed by atoms with Gasteiger partial charge in [0.25, 0.3) is 5.91 Å². The van der Waals surface area contributed by atoms with E-state index in [1.54, 1.807) is 6.20 Å². The van der Waals surface area contributed by atoms with Crippen LogP contribution in [0.3, 0.4) is 0 Å². The first-order chi connectivity index (χ1) is 15.2. The Morgan fingerprint density at radius 2 is 1.84 bits per heavy atom. The molecule has 0 spiro atoms. The minimum absolute atomic E-state index is 0.0873. The third kappa shape index (κ3) is 4.25. The molecule has 0 aromatic carbocycles. The lowest BCUT2D eigenvalue weighted by atomic mass is 10.0. The summed E-state index contributed by atoms with van der Waals surface area (Å²) in [6.45, 7) is 8.60. The van der Waals surface area contributed by atoms with Crippen LogP contribution in [0.25, 0.3) is 11.3 Å². The van der Waals surface area contributed by atoms with E-state index in [-0.39, 0.29) is 5.91 Å². The molecular formula is C23H29N7O. The molecule has 8 heteroatoms. The van der Waals surface area contributed by atoms with E-state index < -0.39 is 0 Å². The Morgan fingerprint density at radius 1 is 1.03 bits per heavy atom. The van der Waals surface area contributed by atoms with Crippen LogP contribution in [0.15, 0.2) is 43.0 Å². The molecule has 0 saturated carbocycles. The maximum Gasteiger partial charge on any atom is 0.254 e. The largest absolute Gasteiger partial charge is 0.368 e. The van der Waals surface area contributed by atoms with Crippen LogP contribution in [0, 0.1) is 0 Å². The lowest BCUT2D eigenvalue weighted by Crippen LogP contribution is -2.44. The highest BCUT2D eigenvalue weighted by molar-refractivity contribution is 6.05. The molecule has 1 amide bonds. The predicted molar refractivity (Wildman–Crippen MR) is 124 cm³/mol. The third-order valence-corrected chi connectivity index (χ3v) is 5.58. The highest BCUT2D eigenvalue weighted by atomic mass is 16.1. The fraction of sp³-hybridized carbons (Fsp3) is 0.348. The summed E-state index contributed by atoms with van der Waals surface area (Å²) in [6, 6.07) is 5.98. The number of hydrogen-bond donors (Lipinski definition) is 3. The summed E-state index contributed by atoms with van der Waals surface area (Å²) in [7, 11) is 2.15. The lowest BCUT2D eigenvalue weighted by molar-refractivity contribution is 0.0966. The summed E-state index contributed by atoms with van der Waals surface area (Å²) in [5.74, 6) is 0.608. The number of piperazine rings is 1. The molecule has 0 aliphatic carbocycles. The van der Waals surface area contributed by atoms with Gasteiger partial charge in [0.05, 0.1) is 35.0 Å². The molecule has 5 rings (SSSR count). The predicted octanol–water partition coefficient (Wildman–Crippen LogP) is 3.24.